The molecule has 3 aromatic rings. The molecule has 6 nitrogen and oxygen atoms in total. The first kappa shape index (κ1) is 19.8. The number of thioether (sulfide) groups is 1. The molecule has 2 heterocycles. The normalized spacial score (nSPS) is 19.1. The Bertz CT molecular complexity index is 1150. The van der Waals surface area contributed by atoms with E-state index in [1.165, 1.54) is 11.8 Å². The molecule has 0 radical (unpaired) electrons. The van der Waals surface area contributed by atoms with Gasteiger partial charge in [0, 0.05) is 22.4 Å². The summed E-state index contributed by atoms with van der Waals surface area (Å²) in [5.74, 6) is -0.0311. The smallest absolute Gasteiger partial charge is 0.233 e. The third-order valence-corrected chi connectivity index (χ3v) is 7.80. The van der Waals surface area contributed by atoms with Crippen LogP contribution in [0.5, 0.6) is 0 Å². The summed E-state index contributed by atoms with van der Waals surface area (Å²) in [4.78, 5) is 12.6. The molecule has 2 aromatic carbocycles. The predicted octanol–water partition coefficient (Wildman–Crippen LogP) is 3.08. The van der Waals surface area contributed by atoms with E-state index in [0.29, 0.717) is 11.4 Å². The van der Waals surface area contributed by atoms with Crippen LogP contribution in [0.3, 0.4) is 0 Å². The minimum absolute atomic E-state index is 0.0185. The van der Waals surface area contributed by atoms with Crippen LogP contribution in [0, 0.1) is 0 Å². The standard InChI is InChI=1S/C21H21N3O3S2/c1-14(20(25)22-16-11-12-29(26,27)13-16)28-21-18-10-6-5-9-17(18)19(23-24-21)15-7-3-2-4-8-15/h2-10,14,16H,11-13H2,1H3,(H,22,25)/t14-,16-/m1/s1. The monoisotopic (exact) mass is 427 g/mol. The van der Waals surface area contributed by atoms with E-state index < -0.39 is 15.1 Å². The zero-order chi connectivity index (χ0) is 20.4. The maximum absolute atomic E-state index is 12.6. The Kier molecular flexibility index (Phi) is 5.56. The van der Waals surface area contributed by atoms with Crippen molar-refractivity contribution in [2.45, 2.75) is 29.7 Å². The molecule has 4 rings (SSSR count). The van der Waals surface area contributed by atoms with E-state index in [1.807, 2.05) is 54.6 Å². The van der Waals surface area contributed by atoms with E-state index in [0.717, 1.165) is 22.0 Å². The van der Waals surface area contributed by atoms with Crippen molar-refractivity contribution in [2.24, 2.45) is 0 Å². The third-order valence-electron chi connectivity index (χ3n) is 4.94. The molecular weight excluding hydrogens is 406 g/mol. The fourth-order valence-corrected chi connectivity index (χ4v) is 6.00. The molecule has 0 bridgehead atoms. The van der Waals surface area contributed by atoms with Crippen LogP contribution in [-0.2, 0) is 14.6 Å². The SMILES string of the molecule is C[C@@H](Sc1nnc(-c2ccccc2)c2ccccc12)C(=O)N[C@@H]1CCS(=O)(=O)C1. The van der Waals surface area contributed by atoms with E-state index in [1.54, 1.807) is 6.92 Å². The van der Waals surface area contributed by atoms with Crippen LogP contribution in [0.2, 0.25) is 0 Å². The highest BCUT2D eigenvalue weighted by Crippen LogP contribution is 2.33. The molecule has 0 saturated carbocycles. The summed E-state index contributed by atoms with van der Waals surface area (Å²) in [5.41, 5.74) is 1.79. The van der Waals surface area contributed by atoms with Gasteiger partial charge in [0.05, 0.1) is 16.8 Å². The molecule has 2 atom stereocenters. The Hall–Kier alpha value is -2.45. The molecule has 29 heavy (non-hydrogen) atoms. The number of hydrogen-bond donors (Lipinski definition) is 1. The Morgan fingerprint density at radius 1 is 1.07 bits per heavy atom. The molecule has 1 amide bonds. The summed E-state index contributed by atoms with van der Waals surface area (Å²) in [7, 11) is -3.03. The molecule has 1 N–H and O–H groups in total. The predicted molar refractivity (Wildman–Crippen MR) is 115 cm³/mol. The van der Waals surface area contributed by atoms with Gasteiger partial charge in [-0.05, 0) is 13.3 Å². The van der Waals surface area contributed by atoms with E-state index >= 15 is 0 Å². The van der Waals surface area contributed by atoms with Gasteiger partial charge in [0.1, 0.15) is 10.7 Å². The summed E-state index contributed by atoms with van der Waals surface area (Å²) in [6.07, 6.45) is 0.472. The summed E-state index contributed by atoms with van der Waals surface area (Å²) in [5, 5.41) is 13.9. The Morgan fingerprint density at radius 3 is 2.45 bits per heavy atom. The summed E-state index contributed by atoms with van der Waals surface area (Å²) >= 11 is 1.33. The average Bonchev–Trinajstić information content (AvgIpc) is 3.07. The van der Waals surface area contributed by atoms with Crippen molar-refractivity contribution in [3.8, 4) is 11.3 Å². The summed E-state index contributed by atoms with van der Waals surface area (Å²) < 4.78 is 23.2. The minimum atomic E-state index is -3.03. The number of hydrogen-bond acceptors (Lipinski definition) is 6. The Balaban J connectivity index is 1.56. The van der Waals surface area contributed by atoms with Crippen molar-refractivity contribution in [1.29, 1.82) is 0 Å². The number of carbonyl (C=O) groups excluding carboxylic acids is 1. The van der Waals surface area contributed by atoms with Crippen molar-refractivity contribution in [1.82, 2.24) is 15.5 Å². The quantitative estimate of drug-likeness (QED) is 0.630. The number of nitrogens with one attached hydrogen (secondary N) is 1. The molecule has 1 saturated heterocycles. The first-order chi connectivity index (χ1) is 13.9. The summed E-state index contributed by atoms with van der Waals surface area (Å²) in [6.45, 7) is 1.80. The van der Waals surface area contributed by atoms with Crippen LogP contribution in [0.15, 0.2) is 59.6 Å². The van der Waals surface area contributed by atoms with Crippen molar-refractivity contribution >= 4 is 38.3 Å². The second-order valence-electron chi connectivity index (χ2n) is 7.13. The van der Waals surface area contributed by atoms with Crippen molar-refractivity contribution < 1.29 is 13.2 Å². The van der Waals surface area contributed by atoms with Crippen LogP contribution in [-0.4, -0.2) is 47.3 Å². The van der Waals surface area contributed by atoms with Crippen LogP contribution in [0.1, 0.15) is 13.3 Å². The molecule has 1 aromatic heterocycles. The molecule has 1 fully saturated rings. The highest BCUT2D eigenvalue weighted by atomic mass is 32.2. The number of carbonyl (C=O) groups is 1. The fraction of sp³-hybridized carbons (Fsp3) is 0.286. The maximum atomic E-state index is 12.6. The van der Waals surface area contributed by atoms with Gasteiger partial charge in [-0.15, -0.1) is 10.2 Å². The van der Waals surface area contributed by atoms with Crippen LogP contribution in [0.25, 0.3) is 22.0 Å². The molecule has 0 unspecified atom stereocenters. The molecule has 150 valence electrons. The molecule has 0 spiro atoms. The second kappa shape index (κ2) is 8.12. The lowest BCUT2D eigenvalue weighted by molar-refractivity contribution is -0.120. The van der Waals surface area contributed by atoms with E-state index in [-0.39, 0.29) is 23.5 Å². The number of sulfone groups is 1. The van der Waals surface area contributed by atoms with E-state index in [4.69, 9.17) is 0 Å². The van der Waals surface area contributed by atoms with Crippen LogP contribution >= 0.6 is 11.8 Å². The van der Waals surface area contributed by atoms with E-state index in [9.17, 15) is 13.2 Å². The average molecular weight is 428 g/mol. The van der Waals surface area contributed by atoms with Gasteiger partial charge >= 0.3 is 0 Å². The van der Waals surface area contributed by atoms with E-state index in [2.05, 4.69) is 15.5 Å². The van der Waals surface area contributed by atoms with Gasteiger partial charge in [-0.1, -0.05) is 66.4 Å². The maximum Gasteiger partial charge on any atom is 0.233 e. The van der Waals surface area contributed by atoms with Crippen LogP contribution in [0.4, 0.5) is 0 Å². The molecule has 1 aliphatic rings. The molecule has 0 aliphatic carbocycles. The van der Waals surface area contributed by atoms with Gasteiger partial charge < -0.3 is 5.32 Å². The zero-order valence-electron chi connectivity index (χ0n) is 15.9. The molecule has 1 aliphatic heterocycles. The minimum Gasteiger partial charge on any atom is -0.351 e. The number of rotatable bonds is 5. The number of aromatic nitrogens is 2. The van der Waals surface area contributed by atoms with Gasteiger partial charge in [0.25, 0.3) is 0 Å². The lowest BCUT2D eigenvalue weighted by Gasteiger charge is -2.16. The third kappa shape index (κ3) is 4.43. The fourth-order valence-electron chi connectivity index (χ4n) is 3.42. The summed E-state index contributed by atoms with van der Waals surface area (Å²) in [6, 6.07) is 17.5. The van der Waals surface area contributed by atoms with Gasteiger partial charge in [-0.3, -0.25) is 4.79 Å². The van der Waals surface area contributed by atoms with Crippen molar-refractivity contribution in [3.63, 3.8) is 0 Å². The van der Waals surface area contributed by atoms with Gasteiger partial charge in [-0.25, -0.2) is 8.42 Å². The number of benzene rings is 2. The molecule has 8 heteroatoms. The largest absolute Gasteiger partial charge is 0.351 e. The van der Waals surface area contributed by atoms with Gasteiger partial charge in [0.2, 0.25) is 5.91 Å². The Labute approximate surface area is 174 Å². The van der Waals surface area contributed by atoms with Crippen molar-refractivity contribution in [3.05, 3.63) is 54.6 Å². The highest BCUT2D eigenvalue weighted by Gasteiger charge is 2.30. The molecular formula is C21H21N3O3S2. The lowest BCUT2D eigenvalue weighted by atomic mass is 10.1. The topological polar surface area (TPSA) is 89.0 Å². The number of fused-ring (bicyclic) bond motifs is 1. The second-order valence-corrected chi connectivity index (χ2v) is 10.7. The number of nitrogens with zero attached hydrogens (tertiary/aromatic N) is 2. The lowest BCUT2D eigenvalue weighted by Crippen LogP contribution is -2.39. The first-order valence-corrected chi connectivity index (χ1v) is 12.1. The highest BCUT2D eigenvalue weighted by molar-refractivity contribution is 8.00. The first-order valence-electron chi connectivity index (χ1n) is 9.41. The van der Waals surface area contributed by atoms with Gasteiger partial charge in [0.15, 0.2) is 9.84 Å². The van der Waals surface area contributed by atoms with Gasteiger partial charge in [-0.2, -0.15) is 0 Å². The zero-order valence-corrected chi connectivity index (χ0v) is 17.5. The Morgan fingerprint density at radius 2 is 1.76 bits per heavy atom. The number of amides is 1. The van der Waals surface area contributed by atoms with Crippen molar-refractivity contribution in [2.75, 3.05) is 11.5 Å². The van der Waals surface area contributed by atoms with Crippen LogP contribution < -0.4 is 5.32 Å².